The van der Waals surface area contributed by atoms with E-state index in [4.69, 9.17) is 5.73 Å². The van der Waals surface area contributed by atoms with Gasteiger partial charge < -0.3 is 5.73 Å². The molecule has 0 aliphatic rings. The molecule has 0 aliphatic carbocycles. The second-order valence-electron chi connectivity index (χ2n) is 3.31. The van der Waals surface area contributed by atoms with Crippen molar-refractivity contribution in [3.8, 4) is 0 Å². The number of nitrogens with one attached hydrogen (secondary N) is 1. The van der Waals surface area contributed by atoms with Crippen molar-refractivity contribution < 1.29 is 26.0 Å². The Morgan fingerprint density at radius 1 is 1.50 bits per heavy atom. The molecule has 0 saturated carbocycles. The minimum Gasteiger partial charge on any atom is -0.375 e. The van der Waals surface area contributed by atoms with E-state index in [2.05, 4.69) is 4.98 Å². The maximum absolute atomic E-state index is 12.6. The molecule has 0 aliphatic heterocycles. The number of nitrogens with two attached hydrogens (primary N) is 1. The Bertz CT molecular complexity index is 529. The van der Waals surface area contributed by atoms with Crippen molar-refractivity contribution in [1.29, 1.82) is 0 Å². The lowest BCUT2D eigenvalue weighted by molar-refractivity contribution is -0.122. The van der Waals surface area contributed by atoms with Crippen LogP contribution in [0.5, 0.6) is 0 Å². The molecule has 1 rings (SSSR count). The molecule has 0 fully saturated rings. The van der Waals surface area contributed by atoms with Crippen LogP contribution >= 0.6 is 11.3 Å². The molecule has 0 radical (unpaired) electrons. The monoisotopic (exact) mass is 307 g/mol. The Kier molecular flexibility index (Phi) is 4.18. The first kappa shape index (κ1) is 15.1. The Morgan fingerprint density at radius 3 is 2.44 bits per heavy atom. The molecule has 18 heavy (non-hydrogen) atoms. The van der Waals surface area contributed by atoms with Gasteiger partial charge in [0.1, 0.15) is 0 Å². The van der Waals surface area contributed by atoms with E-state index in [0.29, 0.717) is 11.3 Å². The fraction of sp³-hybridized carbons (Fsp3) is 0.571. The van der Waals surface area contributed by atoms with Crippen LogP contribution < -0.4 is 10.5 Å². The second kappa shape index (κ2) is 4.97. The number of hydrogen-bond donors (Lipinski definition) is 2. The molecule has 5 nitrogen and oxygen atoms in total. The number of halogens is 4. The highest BCUT2D eigenvalue weighted by Gasteiger charge is 2.42. The van der Waals surface area contributed by atoms with Gasteiger partial charge in [0.05, 0.1) is 12.2 Å². The number of nitrogen functional groups attached to an aromatic ring is 1. The molecule has 0 bridgehead atoms. The molecule has 1 aromatic heterocycles. The molecule has 0 aromatic carbocycles. The topological polar surface area (TPSA) is 85.1 Å². The number of alkyl halides is 4. The molecule has 0 saturated heterocycles. The summed E-state index contributed by atoms with van der Waals surface area (Å²) >= 11 is 0.564. The van der Waals surface area contributed by atoms with Gasteiger partial charge in [-0.15, -0.1) is 0 Å². The lowest BCUT2D eigenvalue weighted by Gasteiger charge is -2.15. The average molecular weight is 307 g/mol. The van der Waals surface area contributed by atoms with Gasteiger partial charge in [-0.25, -0.2) is 26.9 Å². The third-order valence-electron chi connectivity index (χ3n) is 1.83. The van der Waals surface area contributed by atoms with Crippen LogP contribution in [0.2, 0.25) is 0 Å². The van der Waals surface area contributed by atoms with Gasteiger partial charge >= 0.3 is 12.3 Å². The largest absolute Gasteiger partial charge is 0.375 e. The summed E-state index contributed by atoms with van der Waals surface area (Å²) in [6, 6.07) is 0. The van der Waals surface area contributed by atoms with E-state index in [1.165, 1.54) is 11.6 Å². The van der Waals surface area contributed by atoms with E-state index >= 15 is 0 Å². The van der Waals surface area contributed by atoms with Crippen molar-refractivity contribution in [2.75, 3.05) is 12.3 Å². The van der Waals surface area contributed by atoms with Crippen molar-refractivity contribution >= 4 is 26.5 Å². The number of rotatable bonds is 5. The minimum absolute atomic E-state index is 0.0189. The van der Waals surface area contributed by atoms with Crippen molar-refractivity contribution in [1.82, 2.24) is 9.71 Å². The standard InChI is InChI=1S/C7H9F4N3O2S2/c1-3-4(17-6(12)14-3)18(15,16)13-2-7(10,11)5(8)9/h5,13H,2H2,1H3,(H2,12,14). The zero-order chi connectivity index (χ0) is 14.1. The van der Waals surface area contributed by atoms with Crippen molar-refractivity contribution in [2.45, 2.75) is 23.5 Å². The molecule has 1 aromatic rings. The molecule has 0 unspecified atom stereocenters. The number of hydrogen-bond acceptors (Lipinski definition) is 5. The van der Waals surface area contributed by atoms with Crippen LogP contribution in [-0.2, 0) is 10.0 Å². The Morgan fingerprint density at radius 2 is 2.06 bits per heavy atom. The average Bonchev–Trinajstić information content (AvgIpc) is 2.56. The summed E-state index contributed by atoms with van der Waals surface area (Å²) in [4.78, 5) is 3.60. The lowest BCUT2D eigenvalue weighted by atomic mass is 10.4. The van der Waals surface area contributed by atoms with Crippen LogP contribution in [0.25, 0.3) is 0 Å². The van der Waals surface area contributed by atoms with Crippen LogP contribution in [0.3, 0.4) is 0 Å². The number of aryl methyl sites for hydroxylation is 1. The van der Waals surface area contributed by atoms with Gasteiger partial charge in [0.25, 0.3) is 10.0 Å². The smallest absolute Gasteiger partial charge is 0.320 e. The Labute approximate surface area is 104 Å². The number of nitrogens with zero attached hydrogens (tertiary/aromatic N) is 1. The summed E-state index contributed by atoms with van der Waals surface area (Å²) in [5, 5.41) is -0.0616. The fourth-order valence-corrected chi connectivity index (χ4v) is 3.37. The summed E-state index contributed by atoms with van der Waals surface area (Å²) in [6.45, 7) is -0.378. The predicted octanol–water partition coefficient (Wildman–Crippen LogP) is 1.21. The Hall–Kier alpha value is -0.940. The quantitative estimate of drug-likeness (QED) is 0.801. The van der Waals surface area contributed by atoms with Gasteiger partial charge in [0.15, 0.2) is 9.34 Å². The first-order valence-electron chi connectivity index (χ1n) is 4.45. The van der Waals surface area contributed by atoms with Gasteiger partial charge in [0, 0.05) is 0 Å². The molecular formula is C7H9F4N3O2S2. The minimum atomic E-state index is -4.43. The summed E-state index contributed by atoms with van der Waals surface area (Å²) < 4.78 is 73.0. The van der Waals surface area contributed by atoms with Crippen LogP contribution in [0, 0.1) is 6.92 Å². The van der Waals surface area contributed by atoms with Crippen LogP contribution in [0.4, 0.5) is 22.7 Å². The molecule has 0 spiro atoms. The number of thiazole rings is 1. The zero-order valence-corrected chi connectivity index (χ0v) is 10.6. The van der Waals surface area contributed by atoms with Gasteiger partial charge in [-0.3, -0.25) is 0 Å². The summed E-state index contributed by atoms with van der Waals surface area (Å²) in [7, 11) is -4.32. The van der Waals surface area contributed by atoms with Gasteiger partial charge in [0.2, 0.25) is 0 Å². The maximum atomic E-state index is 12.6. The van der Waals surface area contributed by atoms with Gasteiger partial charge in [-0.1, -0.05) is 11.3 Å². The third kappa shape index (κ3) is 3.29. The highest BCUT2D eigenvalue weighted by atomic mass is 32.2. The summed E-state index contributed by atoms with van der Waals surface area (Å²) in [6.07, 6.45) is -3.95. The van der Waals surface area contributed by atoms with E-state index in [1.54, 1.807) is 0 Å². The van der Waals surface area contributed by atoms with Crippen LogP contribution in [0.15, 0.2) is 4.21 Å². The fourth-order valence-electron chi connectivity index (χ4n) is 0.986. The van der Waals surface area contributed by atoms with Crippen LogP contribution in [-0.4, -0.2) is 32.3 Å². The normalized spacial score (nSPS) is 13.2. The summed E-state index contributed by atoms with van der Waals surface area (Å²) in [5.41, 5.74) is 5.27. The first-order valence-corrected chi connectivity index (χ1v) is 6.75. The van der Waals surface area contributed by atoms with Crippen molar-refractivity contribution in [3.63, 3.8) is 0 Å². The highest BCUT2D eigenvalue weighted by Crippen LogP contribution is 2.26. The Balaban J connectivity index is 2.88. The third-order valence-corrected chi connectivity index (χ3v) is 4.83. The zero-order valence-electron chi connectivity index (χ0n) is 8.95. The van der Waals surface area contributed by atoms with E-state index in [-0.39, 0.29) is 15.0 Å². The molecule has 0 amide bonds. The van der Waals surface area contributed by atoms with E-state index < -0.39 is 28.9 Å². The number of aromatic nitrogens is 1. The number of sulfonamides is 1. The van der Waals surface area contributed by atoms with Crippen molar-refractivity contribution in [3.05, 3.63) is 5.69 Å². The SMILES string of the molecule is Cc1nc(N)sc1S(=O)(=O)NCC(F)(F)C(F)F. The molecule has 11 heteroatoms. The molecule has 0 atom stereocenters. The lowest BCUT2D eigenvalue weighted by Crippen LogP contribution is -2.41. The second-order valence-corrected chi connectivity index (χ2v) is 6.30. The molecular weight excluding hydrogens is 298 g/mol. The van der Waals surface area contributed by atoms with Crippen LogP contribution in [0.1, 0.15) is 5.69 Å². The first-order chi connectivity index (χ1) is 8.06. The van der Waals surface area contributed by atoms with E-state index in [1.807, 2.05) is 0 Å². The number of anilines is 1. The maximum Gasteiger partial charge on any atom is 0.320 e. The predicted molar refractivity (Wildman–Crippen MR) is 57.4 cm³/mol. The summed E-state index contributed by atoms with van der Waals surface area (Å²) in [5.74, 6) is -4.43. The molecule has 104 valence electrons. The van der Waals surface area contributed by atoms with E-state index in [0.717, 1.165) is 0 Å². The molecule has 1 heterocycles. The van der Waals surface area contributed by atoms with Gasteiger partial charge in [-0.2, -0.15) is 8.78 Å². The van der Waals surface area contributed by atoms with Gasteiger partial charge in [-0.05, 0) is 6.92 Å². The van der Waals surface area contributed by atoms with E-state index in [9.17, 15) is 26.0 Å². The molecule has 3 N–H and O–H groups in total. The van der Waals surface area contributed by atoms with Crippen molar-refractivity contribution in [2.24, 2.45) is 0 Å². The highest BCUT2D eigenvalue weighted by molar-refractivity contribution is 7.91.